The van der Waals surface area contributed by atoms with Gasteiger partial charge < -0.3 is 9.84 Å². The van der Waals surface area contributed by atoms with Crippen molar-refractivity contribution in [3.05, 3.63) is 35.2 Å². The van der Waals surface area contributed by atoms with Gasteiger partial charge in [-0.1, -0.05) is 35.8 Å². The van der Waals surface area contributed by atoms with E-state index in [0.29, 0.717) is 29.3 Å². The van der Waals surface area contributed by atoms with Gasteiger partial charge in [0.1, 0.15) is 0 Å². The fourth-order valence-corrected chi connectivity index (χ4v) is 2.46. The predicted molar refractivity (Wildman–Crippen MR) is 77.5 cm³/mol. The lowest BCUT2D eigenvalue weighted by Gasteiger charge is -2.36. The minimum Gasteiger partial charge on any atom is -0.338 e. The topological polar surface area (TPSA) is 54.2 Å². The Balaban J connectivity index is 1.73. The Labute approximate surface area is 122 Å². The fraction of sp³-hybridized carbons (Fsp3) is 0.429. The van der Waals surface area contributed by atoms with Crippen molar-refractivity contribution in [2.24, 2.45) is 0 Å². The van der Waals surface area contributed by atoms with Gasteiger partial charge in [0.15, 0.2) is 0 Å². The minimum absolute atomic E-state index is 0.571. The molecular formula is C14H17ClN4O. The Morgan fingerprint density at radius 3 is 2.95 bits per heavy atom. The summed E-state index contributed by atoms with van der Waals surface area (Å²) in [4.78, 5) is 6.79. The first-order valence-electron chi connectivity index (χ1n) is 6.79. The second-order valence-corrected chi connectivity index (χ2v) is 5.33. The first-order valence-corrected chi connectivity index (χ1v) is 7.17. The van der Waals surface area contributed by atoms with E-state index in [4.69, 9.17) is 16.1 Å². The minimum atomic E-state index is 0.571. The van der Waals surface area contributed by atoms with Crippen LogP contribution in [0.15, 0.2) is 28.8 Å². The highest BCUT2D eigenvalue weighted by Gasteiger charge is 2.25. The molecule has 0 atom stereocenters. The number of hydrogen-bond donors (Lipinski definition) is 1. The van der Waals surface area contributed by atoms with E-state index in [-0.39, 0.29) is 0 Å². The first-order chi connectivity index (χ1) is 9.76. The molecule has 1 aromatic heterocycles. The van der Waals surface area contributed by atoms with Crippen molar-refractivity contribution in [2.45, 2.75) is 19.5 Å². The Hall–Kier alpha value is -1.43. The quantitative estimate of drug-likeness (QED) is 0.915. The number of nitrogens with one attached hydrogen (secondary N) is 1. The summed E-state index contributed by atoms with van der Waals surface area (Å²) in [6.45, 7) is 5.87. The molecule has 5 nitrogen and oxygen atoms in total. The third kappa shape index (κ3) is 2.85. The number of hydrogen-bond acceptors (Lipinski definition) is 5. The maximum Gasteiger partial charge on any atom is 0.241 e. The van der Waals surface area contributed by atoms with Crippen LogP contribution >= 0.6 is 11.6 Å². The third-order valence-corrected chi connectivity index (χ3v) is 3.81. The van der Waals surface area contributed by atoms with Crippen LogP contribution in [0.1, 0.15) is 12.8 Å². The van der Waals surface area contributed by atoms with Crippen molar-refractivity contribution in [1.82, 2.24) is 20.4 Å². The molecule has 0 radical (unpaired) electrons. The van der Waals surface area contributed by atoms with Gasteiger partial charge in [-0.15, -0.1) is 0 Å². The SMILES string of the molecule is CCN(Cc1nc(-c2cccc(Cl)c2)no1)C1CNC1. The molecule has 3 rings (SSSR count). The number of halogens is 1. The van der Waals surface area contributed by atoms with Crippen molar-refractivity contribution in [3.63, 3.8) is 0 Å². The molecule has 0 amide bonds. The number of benzene rings is 1. The molecule has 0 bridgehead atoms. The van der Waals surface area contributed by atoms with Crippen LogP contribution in [0.5, 0.6) is 0 Å². The average molecular weight is 293 g/mol. The van der Waals surface area contributed by atoms with Crippen LogP contribution in [-0.2, 0) is 6.54 Å². The molecule has 2 heterocycles. The standard InChI is InChI=1S/C14H17ClN4O/c1-2-19(12-7-16-8-12)9-13-17-14(18-20-13)10-4-3-5-11(15)6-10/h3-6,12,16H,2,7-9H2,1H3. The number of aromatic nitrogens is 2. The van der Waals surface area contributed by atoms with Gasteiger partial charge in [-0.3, -0.25) is 4.90 Å². The molecule has 1 fully saturated rings. The van der Waals surface area contributed by atoms with E-state index in [1.807, 2.05) is 24.3 Å². The van der Waals surface area contributed by atoms with Crippen molar-refractivity contribution in [2.75, 3.05) is 19.6 Å². The van der Waals surface area contributed by atoms with Crippen LogP contribution in [0, 0.1) is 0 Å². The summed E-state index contributed by atoms with van der Waals surface area (Å²) in [5, 5.41) is 7.98. The maximum absolute atomic E-state index is 5.97. The lowest BCUT2D eigenvalue weighted by Crippen LogP contribution is -2.56. The molecule has 1 N–H and O–H groups in total. The van der Waals surface area contributed by atoms with Gasteiger partial charge in [0, 0.05) is 29.7 Å². The van der Waals surface area contributed by atoms with Crippen LogP contribution in [0.3, 0.4) is 0 Å². The number of nitrogens with zero attached hydrogens (tertiary/aromatic N) is 3. The van der Waals surface area contributed by atoms with Gasteiger partial charge in [0.2, 0.25) is 11.7 Å². The molecule has 1 aliphatic rings. The van der Waals surface area contributed by atoms with Crippen molar-refractivity contribution < 1.29 is 4.52 Å². The van der Waals surface area contributed by atoms with Crippen LogP contribution in [0.2, 0.25) is 5.02 Å². The highest BCUT2D eigenvalue weighted by Crippen LogP contribution is 2.20. The second-order valence-electron chi connectivity index (χ2n) is 4.90. The van der Waals surface area contributed by atoms with Gasteiger partial charge in [-0.25, -0.2) is 0 Å². The van der Waals surface area contributed by atoms with Gasteiger partial charge >= 0.3 is 0 Å². The Morgan fingerprint density at radius 2 is 2.30 bits per heavy atom. The molecular weight excluding hydrogens is 276 g/mol. The molecule has 2 aromatic rings. The molecule has 1 aromatic carbocycles. The van der Waals surface area contributed by atoms with E-state index in [1.165, 1.54) is 0 Å². The summed E-state index contributed by atoms with van der Waals surface area (Å²) in [6.07, 6.45) is 0. The van der Waals surface area contributed by atoms with Crippen LogP contribution < -0.4 is 5.32 Å². The lowest BCUT2D eigenvalue weighted by atomic mass is 10.1. The summed E-state index contributed by atoms with van der Waals surface area (Å²) < 4.78 is 5.34. The Kier molecular flexibility index (Phi) is 4.00. The normalized spacial score (nSPS) is 15.6. The van der Waals surface area contributed by atoms with Crippen LogP contribution in [-0.4, -0.2) is 40.7 Å². The van der Waals surface area contributed by atoms with E-state index < -0.39 is 0 Å². The molecule has 20 heavy (non-hydrogen) atoms. The van der Waals surface area contributed by atoms with Gasteiger partial charge in [0.05, 0.1) is 6.54 Å². The van der Waals surface area contributed by atoms with Gasteiger partial charge in [-0.05, 0) is 18.7 Å². The molecule has 0 spiro atoms. The number of rotatable bonds is 5. The lowest BCUT2D eigenvalue weighted by molar-refractivity contribution is 0.129. The van der Waals surface area contributed by atoms with E-state index in [0.717, 1.165) is 25.2 Å². The van der Waals surface area contributed by atoms with Gasteiger partial charge in [0.25, 0.3) is 0 Å². The Morgan fingerprint density at radius 1 is 1.45 bits per heavy atom. The second kappa shape index (κ2) is 5.91. The largest absolute Gasteiger partial charge is 0.338 e. The molecule has 1 aliphatic heterocycles. The van der Waals surface area contributed by atoms with E-state index in [2.05, 4.69) is 27.3 Å². The molecule has 6 heteroatoms. The Bertz CT molecular complexity index is 582. The zero-order valence-electron chi connectivity index (χ0n) is 11.3. The highest BCUT2D eigenvalue weighted by atomic mass is 35.5. The summed E-state index contributed by atoms with van der Waals surface area (Å²) in [5.74, 6) is 1.24. The third-order valence-electron chi connectivity index (χ3n) is 3.57. The summed E-state index contributed by atoms with van der Waals surface area (Å²) in [7, 11) is 0. The highest BCUT2D eigenvalue weighted by molar-refractivity contribution is 6.30. The van der Waals surface area contributed by atoms with E-state index in [1.54, 1.807) is 0 Å². The fourth-order valence-electron chi connectivity index (χ4n) is 2.27. The zero-order valence-corrected chi connectivity index (χ0v) is 12.1. The molecule has 1 saturated heterocycles. The van der Waals surface area contributed by atoms with Crippen molar-refractivity contribution >= 4 is 11.6 Å². The first kappa shape index (κ1) is 13.5. The zero-order chi connectivity index (χ0) is 13.9. The van der Waals surface area contributed by atoms with Crippen LogP contribution in [0.4, 0.5) is 0 Å². The van der Waals surface area contributed by atoms with Gasteiger partial charge in [-0.2, -0.15) is 4.98 Å². The van der Waals surface area contributed by atoms with Crippen molar-refractivity contribution in [1.29, 1.82) is 0 Å². The molecule has 0 aliphatic carbocycles. The van der Waals surface area contributed by atoms with Crippen molar-refractivity contribution in [3.8, 4) is 11.4 Å². The summed E-state index contributed by atoms with van der Waals surface area (Å²) in [5.41, 5.74) is 0.876. The molecule has 106 valence electrons. The molecule has 0 saturated carbocycles. The smallest absolute Gasteiger partial charge is 0.241 e. The van der Waals surface area contributed by atoms with Crippen LogP contribution in [0.25, 0.3) is 11.4 Å². The summed E-state index contributed by atoms with van der Waals surface area (Å²) in [6, 6.07) is 8.04. The number of likely N-dealkylation sites (N-methyl/N-ethyl adjacent to an activating group) is 1. The summed E-state index contributed by atoms with van der Waals surface area (Å²) >= 11 is 5.97. The van der Waals surface area contributed by atoms with E-state index in [9.17, 15) is 0 Å². The average Bonchev–Trinajstić information content (AvgIpc) is 2.84. The monoisotopic (exact) mass is 292 g/mol. The predicted octanol–water partition coefficient (Wildman–Crippen LogP) is 2.18. The maximum atomic E-state index is 5.97. The molecule has 0 unspecified atom stereocenters. The van der Waals surface area contributed by atoms with E-state index >= 15 is 0 Å².